The molecule has 2 rings (SSSR count). The van der Waals surface area contributed by atoms with Crippen molar-refractivity contribution in [3.05, 3.63) is 64.7 Å². The minimum absolute atomic E-state index is 0.0671. The van der Waals surface area contributed by atoms with E-state index in [1.165, 1.54) is 12.1 Å². The van der Waals surface area contributed by atoms with Gasteiger partial charge in [-0.1, -0.05) is 35.9 Å². The third-order valence-corrected chi connectivity index (χ3v) is 2.60. The summed E-state index contributed by atoms with van der Waals surface area (Å²) in [6, 6.07) is 12.5. The second-order valence-corrected chi connectivity index (χ2v) is 4.07. The number of hydrogen-bond acceptors (Lipinski definition) is 3. The highest BCUT2D eigenvalue weighted by molar-refractivity contribution is 6.33. The molecule has 0 aliphatic rings. The van der Waals surface area contributed by atoms with Gasteiger partial charge in [0, 0.05) is 0 Å². The van der Waals surface area contributed by atoms with Crippen LogP contribution in [0.15, 0.2) is 48.5 Å². The zero-order valence-electron chi connectivity index (χ0n) is 10.3. The van der Waals surface area contributed by atoms with Gasteiger partial charge < -0.3 is 15.9 Å². The maximum Gasteiger partial charge on any atom is 0.339 e. The summed E-state index contributed by atoms with van der Waals surface area (Å²) < 4.78 is 0. The molecule has 4 N–H and O–H groups in total. The van der Waals surface area contributed by atoms with Crippen molar-refractivity contribution in [1.82, 2.24) is 0 Å². The van der Waals surface area contributed by atoms with Gasteiger partial charge in [0.1, 0.15) is 11.3 Å². The molecule has 0 fully saturated rings. The molecule has 0 aromatic heterocycles. The van der Waals surface area contributed by atoms with Crippen molar-refractivity contribution in [1.29, 1.82) is 0 Å². The number of phenols is 1. The van der Waals surface area contributed by atoms with E-state index < -0.39 is 11.9 Å². The minimum Gasteiger partial charge on any atom is -0.507 e. The largest absolute Gasteiger partial charge is 0.507 e. The lowest BCUT2D eigenvalue weighted by molar-refractivity contribution is 0.0693. The van der Waals surface area contributed by atoms with Gasteiger partial charge in [-0.2, -0.15) is 0 Å². The van der Waals surface area contributed by atoms with Gasteiger partial charge in [0.15, 0.2) is 0 Å². The normalized spacial score (nSPS) is 9.25. The van der Waals surface area contributed by atoms with E-state index in [9.17, 15) is 9.59 Å². The van der Waals surface area contributed by atoms with Crippen molar-refractivity contribution in [2.45, 2.75) is 0 Å². The molecule has 0 bridgehead atoms. The van der Waals surface area contributed by atoms with Crippen molar-refractivity contribution < 1.29 is 19.8 Å². The van der Waals surface area contributed by atoms with Gasteiger partial charge in [-0.15, -0.1) is 0 Å². The Labute approximate surface area is 120 Å². The summed E-state index contributed by atoms with van der Waals surface area (Å²) in [6.07, 6.45) is 0. The summed E-state index contributed by atoms with van der Waals surface area (Å²) in [6.45, 7) is 0. The van der Waals surface area contributed by atoms with Crippen LogP contribution >= 0.6 is 11.6 Å². The number of primary amides is 1. The molecule has 5 nitrogen and oxygen atoms in total. The molecule has 6 heteroatoms. The van der Waals surface area contributed by atoms with Crippen LogP contribution in [0.2, 0.25) is 5.02 Å². The number of benzene rings is 2. The zero-order chi connectivity index (χ0) is 15.1. The van der Waals surface area contributed by atoms with Gasteiger partial charge in [0.25, 0.3) is 0 Å². The number of amides is 1. The number of carboxylic acids is 1. The number of aromatic hydroxyl groups is 1. The fourth-order valence-corrected chi connectivity index (χ4v) is 1.54. The summed E-state index contributed by atoms with van der Waals surface area (Å²) in [5.41, 5.74) is 5.29. The van der Waals surface area contributed by atoms with E-state index in [1.54, 1.807) is 36.4 Å². The van der Waals surface area contributed by atoms with Crippen LogP contribution < -0.4 is 5.73 Å². The SMILES string of the molecule is NC(=O)c1ccccc1Cl.O=C(O)c1ccccc1O. The van der Waals surface area contributed by atoms with E-state index in [4.69, 9.17) is 27.5 Å². The lowest BCUT2D eigenvalue weighted by Crippen LogP contribution is -2.10. The molecule has 2 aromatic carbocycles. The van der Waals surface area contributed by atoms with Gasteiger partial charge in [0.05, 0.1) is 10.6 Å². The lowest BCUT2D eigenvalue weighted by Gasteiger charge is -1.95. The van der Waals surface area contributed by atoms with Gasteiger partial charge in [-0.05, 0) is 24.3 Å². The zero-order valence-corrected chi connectivity index (χ0v) is 11.0. The summed E-state index contributed by atoms with van der Waals surface area (Å²) >= 11 is 5.62. The first-order valence-corrected chi connectivity index (χ1v) is 5.87. The number of halogens is 1. The third-order valence-electron chi connectivity index (χ3n) is 2.27. The highest BCUT2D eigenvalue weighted by Crippen LogP contribution is 2.14. The molecule has 104 valence electrons. The number of carbonyl (C=O) groups is 2. The predicted molar refractivity (Wildman–Crippen MR) is 75.0 cm³/mol. The van der Waals surface area contributed by atoms with E-state index >= 15 is 0 Å². The smallest absolute Gasteiger partial charge is 0.339 e. The Hall–Kier alpha value is -2.53. The summed E-state index contributed by atoms with van der Waals surface area (Å²) in [5, 5.41) is 17.7. The van der Waals surface area contributed by atoms with Gasteiger partial charge in [0.2, 0.25) is 5.91 Å². The number of nitrogens with two attached hydrogens (primary N) is 1. The van der Waals surface area contributed by atoms with E-state index in [0.29, 0.717) is 10.6 Å². The Morgan fingerprint density at radius 2 is 1.45 bits per heavy atom. The van der Waals surface area contributed by atoms with E-state index in [2.05, 4.69) is 0 Å². The minimum atomic E-state index is -1.11. The van der Waals surface area contributed by atoms with E-state index in [-0.39, 0.29) is 11.3 Å². The third kappa shape index (κ3) is 4.29. The molecule has 0 saturated carbocycles. The summed E-state index contributed by atoms with van der Waals surface area (Å²) in [5.74, 6) is -1.81. The molecule has 0 aliphatic heterocycles. The maximum atomic E-state index is 10.6. The van der Waals surface area contributed by atoms with Gasteiger partial charge in [-0.25, -0.2) is 4.79 Å². The standard InChI is InChI=1S/C7H6ClNO.C7H6O3/c2*8-6-4-2-1-3-5(6)7(9)10/h1-4H,(H2,9,10);1-4,8H,(H,9,10). The first-order chi connectivity index (χ1) is 9.43. The van der Waals surface area contributed by atoms with Crippen LogP contribution in [-0.2, 0) is 0 Å². The highest BCUT2D eigenvalue weighted by atomic mass is 35.5. The molecule has 0 radical (unpaired) electrons. The number of carboxylic acid groups (broad SMARTS) is 1. The fraction of sp³-hybridized carbons (Fsp3) is 0. The topological polar surface area (TPSA) is 101 Å². The average molecular weight is 294 g/mol. The monoisotopic (exact) mass is 293 g/mol. The second-order valence-electron chi connectivity index (χ2n) is 3.67. The lowest BCUT2D eigenvalue weighted by atomic mass is 10.2. The van der Waals surface area contributed by atoms with Crippen LogP contribution in [0.4, 0.5) is 0 Å². The maximum absolute atomic E-state index is 10.6. The highest BCUT2D eigenvalue weighted by Gasteiger charge is 2.05. The number of hydrogen-bond donors (Lipinski definition) is 3. The van der Waals surface area contributed by atoms with Crippen LogP contribution in [0.1, 0.15) is 20.7 Å². The van der Waals surface area contributed by atoms with Crippen LogP contribution in [0.3, 0.4) is 0 Å². The van der Waals surface area contributed by atoms with Crippen molar-refractivity contribution in [3.63, 3.8) is 0 Å². The Morgan fingerprint density at radius 1 is 0.950 bits per heavy atom. The molecule has 0 spiro atoms. The predicted octanol–water partition coefficient (Wildman–Crippen LogP) is 2.53. The van der Waals surface area contributed by atoms with E-state index in [0.717, 1.165) is 0 Å². The van der Waals surface area contributed by atoms with Crippen LogP contribution in [0, 0.1) is 0 Å². The number of para-hydroxylation sites is 1. The molecule has 0 heterocycles. The molecule has 0 saturated heterocycles. The number of rotatable bonds is 2. The molecule has 0 atom stereocenters. The number of carbonyl (C=O) groups excluding carboxylic acids is 1. The molecular formula is C14H12ClNO4. The fourth-order valence-electron chi connectivity index (χ4n) is 1.32. The van der Waals surface area contributed by atoms with Crippen molar-refractivity contribution in [2.24, 2.45) is 5.73 Å². The molecule has 2 aromatic rings. The quantitative estimate of drug-likeness (QED) is 0.792. The molecule has 0 aliphatic carbocycles. The second kappa shape index (κ2) is 7.16. The molecule has 0 unspecified atom stereocenters. The summed E-state index contributed by atoms with van der Waals surface area (Å²) in [7, 11) is 0. The van der Waals surface area contributed by atoms with Crippen molar-refractivity contribution >= 4 is 23.5 Å². The van der Waals surface area contributed by atoms with Crippen LogP contribution in [0.5, 0.6) is 5.75 Å². The van der Waals surface area contributed by atoms with Crippen LogP contribution in [-0.4, -0.2) is 22.1 Å². The van der Waals surface area contributed by atoms with Crippen molar-refractivity contribution in [3.8, 4) is 5.75 Å². The average Bonchev–Trinajstić information content (AvgIpc) is 2.40. The Kier molecular flexibility index (Phi) is 5.56. The Morgan fingerprint density at radius 3 is 1.80 bits per heavy atom. The first kappa shape index (κ1) is 15.5. The molecular weight excluding hydrogens is 282 g/mol. The number of aromatic carboxylic acids is 1. The Bertz CT molecular complexity index is 573. The first-order valence-electron chi connectivity index (χ1n) is 5.49. The van der Waals surface area contributed by atoms with Gasteiger partial charge >= 0.3 is 5.97 Å². The van der Waals surface area contributed by atoms with Crippen molar-refractivity contribution in [2.75, 3.05) is 0 Å². The van der Waals surface area contributed by atoms with E-state index in [1.807, 2.05) is 0 Å². The van der Waals surface area contributed by atoms with Gasteiger partial charge in [-0.3, -0.25) is 4.79 Å². The Balaban J connectivity index is 0.000000200. The summed E-state index contributed by atoms with van der Waals surface area (Å²) in [4.78, 5) is 20.8. The van der Waals surface area contributed by atoms with Crippen LogP contribution in [0.25, 0.3) is 0 Å². The molecule has 20 heavy (non-hydrogen) atoms. The molecule has 1 amide bonds.